The highest BCUT2D eigenvalue weighted by atomic mass is 32.2. The first-order valence-electron chi connectivity index (χ1n) is 14.5. The number of aryl methyl sites for hydroxylation is 1. The number of aromatic nitrogens is 3. The van der Waals surface area contributed by atoms with Crippen LogP contribution in [0.3, 0.4) is 0 Å². The van der Waals surface area contributed by atoms with E-state index in [2.05, 4.69) is 45.0 Å². The molecule has 0 unspecified atom stereocenters. The highest BCUT2D eigenvalue weighted by Crippen LogP contribution is 2.30. The zero-order valence-corrected chi connectivity index (χ0v) is 26.6. The largest absolute Gasteiger partial charge is 0.382 e. The molecule has 1 saturated heterocycles. The van der Waals surface area contributed by atoms with E-state index in [4.69, 9.17) is 10.7 Å². The monoisotopic (exact) mass is 621 g/mol. The van der Waals surface area contributed by atoms with Gasteiger partial charge in [-0.25, -0.2) is 15.0 Å². The van der Waals surface area contributed by atoms with Crippen LogP contribution in [-0.2, 0) is 21.8 Å². The van der Waals surface area contributed by atoms with Gasteiger partial charge in [-0.15, -0.1) is 11.3 Å². The molecule has 2 amide bonds. The van der Waals surface area contributed by atoms with Crippen LogP contribution >= 0.6 is 23.1 Å². The Kier molecular flexibility index (Phi) is 11.9. The van der Waals surface area contributed by atoms with E-state index < -0.39 is 0 Å². The number of nitriles is 1. The van der Waals surface area contributed by atoms with Crippen molar-refractivity contribution in [2.45, 2.75) is 44.5 Å². The van der Waals surface area contributed by atoms with Crippen LogP contribution in [0.4, 0.5) is 11.5 Å². The summed E-state index contributed by atoms with van der Waals surface area (Å²) in [7, 11) is 0. The number of thiazole rings is 1. The highest BCUT2D eigenvalue weighted by Gasteiger charge is 2.21. The van der Waals surface area contributed by atoms with Crippen molar-refractivity contribution < 1.29 is 9.59 Å². The number of nitrogens with zero attached hydrogens (tertiary/aromatic N) is 7. The lowest BCUT2D eigenvalue weighted by Gasteiger charge is -2.35. The Bertz CT molecular complexity index is 1430. The molecule has 3 aromatic rings. The first-order valence-corrected chi connectivity index (χ1v) is 16.4. The average molecular weight is 622 g/mol. The van der Waals surface area contributed by atoms with Gasteiger partial charge in [0.2, 0.25) is 11.8 Å². The molecule has 3 heterocycles. The lowest BCUT2D eigenvalue weighted by atomic mass is 10.1. The lowest BCUT2D eigenvalue weighted by Crippen LogP contribution is -2.50. The summed E-state index contributed by atoms with van der Waals surface area (Å²) in [5.74, 6) is 0.672. The number of likely N-dealkylation sites (N-methyl/N-ethyl adjacent to an activating group) is 1. The number of rotatable bonds is 13. The van der Waals surface area contributed by atoms with Gasteiger partial charge in [-0.05, 0) is 25.2 Å². The van der Waals surface area contributed by atoms with Crippen molar-refractivity contribution in [2.24, 2.45) is 0 Å². The van der Waals surface area contributed by atoms with Crippen LogP contribution in [0, 0.1) is 11.3 Å². The molecule has 11 nitrogen and oxygen atoms in total. The topological polar surface area (TPSA) is 144 Å². The van der Waals surface area contributed by atoms with Gasteiger partial charge in [-0.3, -0.25) is 14.5 Å². The van der Waals surface area contributed by atoms with E-state index in [-0.39, 0.29) is 23.2 Å². The van der Waals surface area contributed by atoms with E-state index in [1.54, 1.807) is 35.6 Å². The van der Waals surface area contributed by atoms with Gasteiger partial charge >= 0.3 is 0 Å². The standard InChI is InChI=1S/C30H39N9O2S2/c1-4-37(5-2)12-13-38-14-16-39(17-15-38)27(41)11-10-26-34-24(19-42-26)20-43-30-35-28(25(18-31)29(32)36-30)22-6-8-23(9-7-22)33-21(3)40/h6-9,19H,4-5,10-17,20H2,1-3H3,(H,33,40)(H2,32,35,36). The minimum absolute atomic E-state index is 0.114. The molecule has 0 aliphatic carbocycles. The molecule has 1 aliphatic rings. The number of benzene rings is 1. The number of nitrogens with one attached hydrogen (secondary N) is 1. The van der Waals surface area contributed by atoms with Crippen LogP contribution in [0.1, 0.15) is 43.5 Å². The maximum absolute atomic E-state index is 12.9. The van der Waals surface area contributed by atoms with Crippen molar-refractivity contribution in [3.05, 3.63) is 45.9 Å². The molecule has 0 bridgehead atoms. The van der Waals surface area contributed by atoms with Crippen molar-refractivity contribution in [2.75, 3.05) is 63.4 Å². The smallest absolute Gasteiger partial charge is 0.223 e. The third kappa shape index (κ3) is 9.21. The molecule has 4 rings (SSSR count). The third-order valence-corrected chi connectivity index (χ3v) is 9.20. The molecular weight excluding hydrogens is 583 g/mol. The Morgan fingerprint density at radius 3 is 2.49 bits per heavy atom. The van der Waals surface area contributed by atoms with Gasteiger partial charge in [0.15, 0.2) is 5.16 Å². The van der Waals surface area contributed by atoms with Gasteiger partial charge in [0, 0.05) is 81.4 Å². The summed E-state index contributed by atoms with van der Waals surface area (Å²) < 4.78 is 0. The zero-order valence-electron chi connectivity index (χ0n) is 25.0. The van der Waals surface area contributed by atoms with Gasteiger partial charge in [0.05, 0.1) is 16.4 Å². The van der Waals surface area contributed by atoms with E-state index in [1.807, 2.05) is 10.3 Å². The predicted molar refractivity (Wildman–Crippen MR) is 172 cm³/mol. The number of carbonyl (C=O) groups excluding carboxylic acids is 2. The first-order chi connectivity index (χ1) is 20.8. The number of nitrogen functional groups attached to an aromatic ring is 1. The summed E-state index contributed by atoms with van der Waals surface area (Å²) in [4.78, 5) is 44.7. The van der Waals surface area contributed by atoms with Gasteiger partial charge in [0.1, 0.15) is 17.5 Å². The number of hydrogen-bond donors (Lipinski definition) is 2. The Morgan fingerprint density at radius 1 is 1.12 bits per heavy atom. The summed E-state index contributed by atoms with van der Waals surface area (Å²) in [5.41, 5.74) is 8.99. The van der Waals surface area contributed by atoms with Gasteiger partial charge in [0.25, 0.3) is 0 Å². The number of amides is 2. The number of hydrogen-bond acceptors (Lipinski definition) is 11. The maximum atomic E-state index is 12.9. The molecule has 1 aromatic carbocycles. The number of carbonyl (C=O) groups is 2. The molecule has 228 valence electrons. The van der Waals surface area contributed by atoms with Gasteiger partial charge in [-0.1, -0.05) is 37.7 Å². The molecule has 0 radical (unpaired) electrons. The maximum Gasteiger partial charge on any atom is 0.223 e. The van der Waals surface area contributed by atoms with E-state index in [1.165, 1.54) is 18.7 Å². The third-order valence-electron chi connectivity index (χ3n) is 7.36. The normalized spacial score (nSPS) is 13.7. The molecule has 0 saturated carbocycles. The molecule has 1 fully saturated rings. The highest BCUT2D eigenvalue weighted by molar-refractivity contribution is 7.98. The Labute approximate surface area is 261 Å². The molecular formula is C30H39N9O2S2. The first kappa shape index (κ1) is 32.3. The van der Waals surface area contributed by atoms with E-state index >= 15 is 0 Å². The summed E-state index contributed by atoms with van der Waals surface area (Å²) in [5, 5.41) is 15.8. The average Bonchev–Trinajstić information content (AvgIpc) is 3.47. The van der Waals surface area contributed by atoms with Crippen LogP contribution in [0.15, 0.2) is 34.8 Å². The number of anilines is 2. The molecule has 0 atom stereocenters. The van der Waals surface area contributed by atoms with Crippen LogP contribution in [0.2, 0.25) is 0 Å². The molecule has 1 aliphatic heterocycles. The van der Waals surface area contributed by atoms with Crippen molar-refractivity contribution in [3.63, 3.8) is 0 Å². The van der Waals surface area contributed by atoms with Crippen LogP contribution in [0.25, 0.3) is 11.3 Å². The minimum atomic E-state index is -0.164. The molecule has 43 heavy (non-hydrogen) atoms. The molecule has 2 aromatic heterocycles. The van der Waals surface area contributed by atoms with E-state index in [0.29, 0.717) is 40.7 Å². The second kappa shape index (κ2) is 15.8. The summed E-state index contributed by atoms with van der Waals surface area (Å²) >= 11 is 2.94. The lowest BCUT2D eigenvalue weighted by molar-refractivity contribution is -0.132. The number of piperazine rings is 1. The SMILES string of the molecule is CCN(CC)CCN1CCN(C(=O)CCc2nc(CSc3nc(N)c(C#N)c(-c4ccc(NC(C)=O)cc4)n3)cs2)CC1. The summed E-state index contributed by atoms with van der Waals surface area (Å²) in [6, 6.07) is 9.16. The summed E-state index contributed by atoms with van der Waals surface area (Å²) in [6.45, 7) is 13.5. The fourth-order valence-corrected chi connectivity index (χ4v) is 6.49. The van der Waals surface area contributed by atoms with Gasteiger partial charge in [-0.2, -0.15) is 5.26 Å². The second-order valence-electron chi connectivity index (χ2n) is 10.3. The molecule has 13 heteroatoms. The van der Waals surface area contributed by atoms with Crippen LogP contribution in [0.5, 0.6) is 0 Å². The Balaban J connectivity index is 1.28. The zero-order chi connectivity index (χ0) is 30.8. The van der Waals surface area contributed by atoms with Crippen molar-refractivity contribution in [1.29, 1.82) is 5.26 Å². The van der Waals surface area contributed by atoms with E-state index in [0.717, 1.165) is 63.1 Å². The predicted octanol–water partition coefficient (Wildman–Crippen LogP) is 3.72. The Hall–Kier alpha value is -3.57. The van der Waals surface area contributed by atoms with Crippen LogP contribution < -0.4 is 11.1 Å². The van der Waals surface area contributed by atoms with E-state index in [9.17, 15) is 14.9 Å². The number of thioether (sulfide) groups is 1. The fraction of sp³-hybridized carbons (Fsp3) is 0.467. The summed E-state index contributed by atoms with van der Waals surface area (Å²) in [6.07, 6.45) is 1.08. The fourth-order valence-electron chi connectivity index (χ4n) is 4.84. The molecule has 3 N–H and O–H groups in total. The second-order valence-corrected chi connectivity index (χ2v) is 12.1. The number of nitrogens with two attached hydrogens (primary N) is 1. The van der Waals surface area contributed by atoms with Crippen LogP contribution in [-0.4, -0.2) is 93.8 Å². The Morgan fingerprint density at radius 2 is 1.84 bits per heavy atom. The minimum Gasteiger partial charge on any atom is -0.382 e. The van der Waals surface area contributed by atoms with Crippen molar-refractivity contribution in [3.8, 4) is 17.3 Å². The molecule has 0 spiro atoms. The van der Waals surface area contributed by atoms with Gasteiger partial charge < -0.3 is 20.9 Å². The quantitative estimate of drug-likeness (QED) is 0.214. The van der Waals surface area contributed by atoms with Crippen molar-refractivity contribution in [1.82, 2.24) is 29.7 Å². The van der Waals surface area contributed by atoms with Crippen molar-refractivity contribution >= 4 is 46.4 Å².